The molecule has 4 nitrogen and oxygen atoms in total. The van der Waals surface area contributed by atoms with Crippen LogP contribution in [0.3, 0.4) is 0 Å². The maximum atomic E-state index is 11.2. The van der Waals surface area contributed by atoms with Gasteiger partial charge in [0.2, 0.25) is 0 Å². The Morgan fingerprint density at radius 2 is 2.17 bits per heavy atom. The van der Waals surface area contributed by atoms with Gasteiger partial charge in [-0.2, -0.15) is 0 Å². The number of hydrogen-bond donors (Lipinski definition) is 2. The Morgan fingerprint density at radius 1 is 1.39 bits per heavy atom. The molecule has 1 fully saturated rings. The van der Waals surface area contributed by atoms with Gasteiger partial charge in [-0.05, 0) is 37.3 Å². The number of anilines is 1. The molecule has 18 heavy (non-hydrogen) atoms. The molecule has 1 aliphatic heterocycles. The van der Waals surface area contributed by atoms with Gasteiger partial charge >= 0.3 is 5.97 Å². The molecule has 1 unspecified atom stereocenters. The molecule has 0 saturated carbocycles. The van der Waals surface area contributed by atoms with Crippen molar-refractivity contribution in [2.75, 3.05) is 24.6 Å². The van der Waals surface area contributed by atoms with Crippen molar-refractivity contribution in [1.29, 1.82) is 0 Å². The normalized spacial score (nSPS) is 19.8. The molecule has 1 saturated heterocycles. The summed E-state index contributed by atoms with van der Waals surface area (Å²) in [7, 11) is 0. The average Bonchev–Trinajstić information content (AvgIpc) is 2.39. The average molecular weight is 249 g/mol. The lowest BCUT2D eigenvalue weighted by molar-refractivity contribution is 0.0697. The van der Waals surface area contributed by atoms with Crippen molar-refractivity contribution >= 4 is 11.7 Å². The van der Waals surface area contributed by atoms with Gasteiger partial charge in [-0.1, -0.05) is 12.1 Å². The van der Waals surface area contributed by atoms with Gasteiger partial charge in [-0.15, -0.1) is 0 Å². The first-order chi connectivity index (χ1) is 8.72. The zero-order chi connectivity index (χ0) is 13.0. The van der Waals surface area contributed by atoms with E-state index in [4.69, 9.17) is 5.11 Å². The summed E-state index contributed by atoms with van der Waals surface area (Å²) in [5.74, 6) is -0.416. The van der Waals surface area contributed by atoms with E-state index in [1.165, 1.54) is 0 Å². The van der Waals surface area contributed by atoms with Crippen LogP contribution in [0.25, 0.3) is 0 Å². The van der Waals surface area contributed by atoms with Gasteiger partial charge in [-0.25, -0.2) is 4.79 Å². The maximum absolute atomic E-state index is 11.2. The second kappa shape index (κ2) is 5.87. The molecule has 2 rings (SSSR count). The van der Waals surface area contributed by atoms with Gasteiger partial charge < -0.3 is 15.1 Å². The number of aliphatic hydroxyl groups is 1. The van der Waals surface area contributed by atoms with Crippen molar-refractivity contribution in [3.05, 3.63) is 29.8 Å². The maximum Gasteiger partial charge on any atom is 0.337 e. The van der Waals surface area contributed by atoms with Crippen molar-refractivity contribution in [2.24, 2.45) is 5.92 Å². The third kappa shape index (κ3) is 2.82. The Bertz CT molecular complexity index is 417. The third-order valence-corrected chi connectivity index (χ3v) is 3.53. The molecule has 1 aliphatic rings. The number of rotatable bonds is 4. The van der Waals surface area contributed by atoms with E-state index in [-0.39, 0.29) is 6.61 Å². The standard InChI is InChI=1S/C14H19NO3/c16-9-7-11-4-3-8-15(10-11)13-6-2-1-5-12(13)14(17)18/h1-2,5-6,11,16H,3-4,7-10H2,(H,17,18). The fourth-order valence-corrected chi connectivity index (χ4v) is 2.63. The quantitative estimate of drug-likeness (QED) is 0.856. The smallest absolute Gasteiger partial charge is 0.337 e. The molecule has 0 aliphatic carbocycles. The Hall–Kier alpha value is -1.55. The SMILES string of the molecule is O=C(O)c1ccccc1N1CCCC(CCO)C1. The minimum atomic E-state index is -0.880. The van der Waals surface area contributed by atoms with Crippen LogP contribution in [0.4, 0.5) is 5.69 Å². The van der Waals surface area contributed by atoms with E-state index in [2.05, 4.69) is 4.90 Å². The number of aliphatic hydroxyl groups excluding tert-OH is 1. The first-order valence-corrected chi connectivity index (χ1v) is 6.40. The minimum Gasteiger partial charge on any atom is -0.478 e. The van der Waals surface area contributed by atoms with Gasteiger partial charge in [0.05, 0.1) is 11.3 Å². The van der Waals surface area contributed by atoms with E-state index >= 15 is 0 Å². The van der Waals surface area contributed by atoms with Crippen molar-refractivity contribution in [1.82, 2.24) is 0 Å². The number of benzene rings is 1. The molecule has 0 spiro atoms. The van der Waals surface area contributed by atoms with Crippen LogP contribution in [0, 0.1) is 5.92 Å². The van der Waals surface area contributed by atoms with Crippen molar-refractivity contribution in [3.63, 3.8) is 0 Å². The number of carboxylic acid groups (broad SMARTS) is 1. The molecular formula is C14H19NO3. The summed E-state index contributed by atoms with van der Waals surface area (Å²) in [5, 5.41) is 18.2. The second-order valence-electron chi connectivity index (χ2n) is 4.79. The predicted molar refractivity (Wildman–Crippen MR) is 70.0 cm³/mol. The van der Waals surface area contributed by atoms with Crippen LogP contribution < -0.4 is 4.90 Å². The van der Waals surface area contributed by atoms with Crippen LogP contribution in [0.2, 0.25) is 0 Å². The molecule has 0 bridgehead atoms. The zero-order valence-electron chi connectivity index (χ0n) is 10.4. The molecule has 0 radical (unpaired) electrons. The van der Waals surface area contributed by atoms with Gasteiger partial charge in [0.15, 0.2) is 0 Å². The van der Waals surface area contributed by atoms with E-state index in [0.717, 1.165) is 38.0 Å². The summed E-state index contributed by atoms with van der Waals surface area (Å²) >= 11 is 0. The number of piperidine rings is 1. The summed E-state index contributed by atoms with van der Waals surface area (Å²) in [5.41, 5.74) is 1.16. The lowest BCUT2D eigenvalue weighted by atomic mass is 9.94. The monoisotopic (exact) mass is 249 g/mol. The molecule has 1 aromatic rings. The second-order valence-corrected chi connectivity index (χ2v) is 4.79. The van der Waals surface area contributed by atoms with Crippen LogP contribution in [0.1, 0.15) is 29.6 Å². The van der Waals surface area contributed by atoms with Crippen molar-refractivity contribution in [2.45, 2.75) is 19.3 Å². The van der Waals surface area contributed by atoms with Gasteiger partial charge in [0.1, 0.15) is 0 Å². The van der Waals surface area contributed by atoms with Crippen molar-refractivity contribution < 1.29 is 15.0 Å². The minimum absolute atomic E-state index is 0.207. The number of nitrogens with zero attached hydrogens (tertiary/aromatic N) is 1. The van der Waals surface area contributed by atoms with E-state index in [1.807, 2.05) is 12.1 Å². The third-order valence-electron chi connectivity index (χ3n) is 3.53. The number of hydrogen-bond acceptors (Lipinski definition) is 3. The lowest BCUT2D eigenvalue weighted by Crippen LogP contribution is -2.36. The fraction of sp³-hybridized carbons (Fsp3) is 0.500. The van der Waals surface area contributed by atoms with Crippen LogP contribution in [0.5, 0.6) is 0 Å². The van der Waals surface area contributed by atoms with Crippen molar-refractivity contribution in [3.8, 4) is 0 Å². The highest BCUT2D eigenvalue weighted by atomic mass is 16.4. The van der Waals surface area contributed by atoms with Crippen LogP contribution in [0.15, 0.2) is 24.3 Å². The van der Waals surface area contributed by atoms with Crippen LogP contribution in [-0.2, 0) is 0 Å². The Kier molecular flexibility index (Phi) is 4.20. The molecule has 2 N–H and O–H groups in total. The Morgan fingerprint density at radius 3 is 2.89 bits per heavy atom. The van der Waals surface area contributed by atoms with Crippen LogP contribution >= 0.6 is 0 Å². The first-order valence-electron chi connectivity index (χ1n) is 6.40. The summed E-state index contributed by atoms with van der Waals surface area (Å²) in [6.07, 6.45) is 2.97. The predicted octanol–water partition coefficient (Wildman–Crippen LogP) is 1.98. The van der Waals surface area contributed by atoms with E-state index < -0.39 is 5.97 Å². The molecule has 98 valence electrons. The number of para-hydroxylation sites is 1. The number of carbonyl (C=O) groups is 1. The molecule has 4 heteroatoms. The molecule has 1 atom stereocenters. The first kappa shape index (κ1) is 12.9. The molecule has 0 amide bonds. The van der Waals surface area contributed by atoms with E-state index in [0.29, 0.717) is 11.5 Å². The number of carboxylic acids is 1. The van der Waals surface area contributed by atoms with Crippen LogP contribution in [-0.4, -0.2) is 35.9 Å². The number of aromatic carboxylic acids is 1. The Labute approximate surface area is 107 Å². The molecule has 1 heterocycles. The highest BCUT2D eigenvalue weighted by molar-refractivity contribution is 5.94. The highest BCUT2D eigenvalue weighted by Gasteiger charge is 2.22. The summed E-state index contributed by atoms with van der Waals surface area (Å²) in [4.78, 5) is 13.3. The Balaban J connectivity index is 2.18. The van der Waals surface area contributed by atoms with E-state index in [1.54, 1.807) is 12.1 Å². The van der Waals surface area contributed by atoms with Gasteiger partial charge in [0.25, 0.3) is 0 Å². The molecule has 1 aromatic carbocycles. The summed E-state index contributed by atoms with van der Waals surface area (Å²) in [6.45, 7) is 1.94. The molecular weight excluding hydrogens is 230 g/mol. The largest absolute Gasteiger partial charge is 0.478 e. The molecule has 0 aromatic heterocycles. The highest BCUT2D eigenvalue weighted by Crippen LogP contribution is 2.27. The zero-order valence-corrected chi connectivity index (χ0v) is 10.4. The summed E-state index contributed by atoms with van der Waals surface area (Å²) < 4.78 is 0. The van der Waals surface area contributed by atoms with Gasteiger partial charge in [0, 0.05) is 19.7 Å². The lowest BCUT2D eigenvalue weighted by Gasteiger charge is -2.35. The van der Waals surface area contributed by atoms with Gasteiger partial charge in [-0.3, -0.25) is 0 Å². The fourth-order valence-electron chi connectivity index (χ4n) is 2.63. The summed E-state index contributed by atoms with van der Waals surface area (Å²) in [6, 6.07) is 7.14. The van der Waals surface area contributed by atoms with E-state index in [9.17, 15) is 9.90 Å². The topological polar surface area (TPSA) is 60.8 Å².